The summed E-state index contributed by atoms with van der Waals surface area (Å²) in [5.74, 6) is -0.611. The second-order valence-corrected chi connectivity index (χ2v) is 8.36. The molecule has 0 fully saturated rings. The van der Waals surface area contributed by atoms with Crippen LogP contribution in [0.3, 0.4) is 0 Å². The average Bonchev–Trinajstić information content (AvgIpc) is 3.40. The van der Waals surface area contributed by atoms with Crippen LogP contribution in [-0.2, 0) is 20.8 Å². The van der Waals surface area contributed by atoms with E-state index in [1.54, 1.807) is 12.1 Å². The van der Waals surface area contributed by atoms with E-state index in [9.17, 15) is 9.59 Å². The number of hydroxylamine groups is 1. The molecular weight excluding hydrogens is 432 g/mol. The van der Waals surface area contributed by atoms with Crippen LogP contribution in [0.25, 0.3) is 22.5 Å². The molecular formula is C26H30N4O4. The third-order valence-electron chi connectivity index (χ3n) is 5.99. The summed E-state index contributed by atoms with van der Waals surface area (Å²) < 4.78 is 5.55. The first-order chi connectivity index (χ1) is 16.4. The first-order valence-electron chi connectivity index (χ1n) is 11.6. The molecule has 0 saturated heterocycles. The van der Waals surface area contributed by atoms with E-state index in [2.05, 4.69) is 41.1 Å². The van der Waals surface area contributed by atoms with Crippen molar-refractivity contribution in [3.05, 3.63) is 59.7 Å². The van der Waals surface area contributed by atoms with Gasteiger partial charge in [0.25, 0.3) is 0 Å². The maximum atomic E-state index is 12.8. The number of H-pyrrole nitrogens is 1. The first kappa shape index (κ1) is 23.5. The number of hydrogen-bond donors (Lipinski definition) is 1. The third kappa shape index (κ3) is 4.82. The van der Waals surface area contributed by atoms with E-state index in [1.165, 1.54) is 18.1 Å². The van der Waals surface area contributed by atoms with Crippen LogP contribution in [0.5, 0.6) is 0 Å². The van der Waals surface area contributed by atoms with Gasteiger partial charge in [-0.25, -0.2) is 9.59 Å². The van der Waals surface area contributed by atoms with Crippen molar-refractivity contribution in [2.24, 2.45) is 0 Å². The van der Waals surface area contributed by atoms with Crippen molar-refractivity contribution in [1.29, 1.82) is 0 Å². The molecule has 1 N–H and O–H groups in total. The first-order valence-corrected chi connectivity index (χ1v) is 11.6. The molecule has 2 aromatic carbocycles. The normalized spacial score (nSPS) is 12.7. The number of likely N-dealkylation sites (N-methyl/N-ethyl adjacent to an activating group) is 1. The van der Waals surface area contributed by atoms with E-state index in [1.807, 2.05) is 31.2 Å². The van der Waals surface area contributed by atoms with E-state index >= 15 is 0 Å². The predicted molar refractivity (Wildman–Crippen MR) is 130 cm³/mol. The topological polar surface area (TPSA) is 87.8 Å². The summed E-state index contributed by atoms with van der Waals surface area (Å²) in [6, 6.07) is 15.4. The van der Waals surface area contributed by atoms with Gasteiger partial charge >= 0.3 is 12.1 Å². The summed E-state index contributed by atoms with van der Waals surface area (Å²) >= 11 is 0. The van der Waals surface area contributed by atoms with E-state index in [-0.39, 0.29) is 6.10 Å². The number of aromatic nitrogens is 2. The van der Waals surface area contributed by atoms with Crippen molar-refractivity contribution in [2.45, 2.75) is 40.2 Å². The maximum Gasteiger partial charge on any atom is 0.448 e. The van der Waals surface area contributed by atoms with Crippen LogP contribution >= 0.6 is 0 Å². The Morgan fingerprint density at radius 1 is 1.09 bits per heavy atom. The van der Waals surface area contributed by atoms with Gasteiger partial charge in [-0.1, -0.05) is 50.2 Å². The number of rotatable bonds is 7. The van der Waals surface area contributed by atoms with Crippen LogP contribution in [0.4, 0.5) is 10.5 Å². The van der Waals surface area contributed by atoms with E-state index in [0.717, 1.165) is 47.1 Å². The highest BCUT2D eigenvalue weighted by Gasteiger charge is 2.26. The molecule has 0 saturated carbocycles. The Kier molecular flexibility index (Phi) is 6.98. The molecule has 4 rings (SSSR count). The number of nitrogens with one attached hydrogen (secondary N) is 1. The van der Waals surface area contributed by atoms with Gasteiger partial charge in [-0.15, -0.1) is 5.06 Å². The highest BCUT2D eigenvalue weighted by Crippen LogP contribution is 2.40. The molecule has 0 radical (unpaired) electrons. The van der Waals surface area contributed by atoms with Gasteiger partial charge in [0.05, 0.1) is 17.1 Å². The summed E-state index contributed by atoms with van der Waals surface area (Å²) in [5, 5.41) is 8.59. The minimum Gasteiger partial charge on any atom is -0.443 e. The standard InChI is InChI=1S/C26H30N4O4/c1-5-29(6-2)16-17(3)33-26(32)30(34-18(4)31)21-13-11-19(12-14-21)24-23-15-20-9-7-8-10-22(20)25(23)28-27-24/h7-14,17H,5-6,15-16H2,1-4H3,(H,27,28). The molecule has 0 bridgehead atoms. The lowest BCUT2D eigenvalue weighted by molar-refractivity contribution is -0.142. The molecule has 8 nitrogen and oxygen atoms in total. The molecule has 178 valence electrons. The van der Waals surface area contributed by atoms with E-state index in [4.69, 9.17) is 9.57 Å². The summed E-state index contributed by atoms with van der Waals surface area (Å²) in [4.78, 5) is 31.9. The molecule has 0 aliphatic heterocycles. The van der Waals surface area contributed by atoms with Crippen molar-refractivity contribution in [3.63, 3.8) is 0 Å². The highest BCUT2D eigenvalue weighted by molar-refractivity contribution is 5.89. The number of fused-ring (bicyclic) bond motifs is 3. The molecule has 34 heavy (non-hydrogen) atoms. The minimum absolute atomic E-state index is 0.363. The van der Waals surface area contributed by atoms with E-state index in [0.29, 0.717) is 12.2 Å². The molecule has 1 heterocycles. The van der Waals surface area contributed by atoms with Gasteiger partial charge in [0.1, 0.15) is 6.10 Å². The van der Waals surface area contributed by atoms with Crippen molar-refractivity contribution < 1.29 is 19.2 Å². The maximum absolute atomic E-state index is 12.8. The monoisotopic (exact) mass is 462 g/mol. The fourth-order valence-electron chi connectivity index (χ4n) is 4.29. The molecule has 1 amide bonds. The molecule has 1 unspecified atom stereocenters. The lowest BCUT2D eigenvalue weighted by atomic mass is 10.1. The Hall–Kier alpha value is -3.65. The summed E-state index contributed by atoms with van der Waals surface area (Å²) in [7, 11) is 0. The van der Waals surface area contributed by atoms with Gasteiger partial charge in [-0.3, -0.25) is 5.10 Å². The Morgan fingerprint density at radius 3 is 2.47 bits per heavy atom. The van der Waals surface area contributed by atoms with Crippen LogP contribution < -0.4 is 5.06 Å². The number of anilines is 1. The van der Waals surface area contributed by atoms with Crippen molar-refractivity contribution >= 4 is 17.7 Å². The molecule has 0 spiro atoms. The van der Waals surface area contributed by atoms with Gasteiger partial charge in [-0.2, -0.15) is 5.10 Å². The number of benzene rings is 2. The molecule has 1 aliphatic rings. The number of carbonyl (C=O) groups excluding carboxylic acids is 2. The summed E-state index contributed by atoms with van der Waals surface area (Å²) in [6.07, 6.45) is -0.285. The minimum atomic E-state index is -0.737. The summed E-state index contributed by atoms with van der Waals surface area (Å²) in [6.45, 7) is 9.49. The van der Waals surface area contributed by atoms with Crippen LogP contribution in [0.2, 0.25) is 0 Å². The number of amides is 1. The molecule has 1 aliphatic carbocycles. The van der Waals surface area contributed by atoms with Crippen LogP contribution in [0.15, 0.2) is 48.5 Å². The largest absolute Gasteiger partial charge is 0.448 e. The Labute approximate surface area is 199 Å². The predicted octanol–water partition coefficient (Wildman–Crippen LogP) is 4.80. The molecule has 1 aromatic heterocycles. The zero-order valence-corrected chi connectivity index (χ0v) is 20.0. The van der Waals surface area contributed by atoms with Crippen LogP contribution in [0, 0.1) is 0 Å². The van der Waals surface area contributed by atoms with Crippen molar-refractivity contribution in [2.75, 3.05) is 24.7 Å². The number of aromatic amines is 1. The quantitative estimate of drug-likeness (QED) is 0.397. The number of nitrogens with zero attached hydrogens (tertiary/aromatic N) is 3. The molecule has 8 heteroatoms. The zero-order valence-electron chi connectivity index (χ0n) is 20.0. The van der Waals surface area contributed by atoms with Gasteiger partial charge in [-0.05, 0) is 37.7 Å². The Bertz CT molecular complexity index is 1170. The molecule has 3 aromatic rings. The van der Waals surface area contributed by atoms with Gasteiger partial charge in [0.15, 0.2) is 0 Å². The number of ether oxygens (including phenoxy) is 1. The fraction of sp³-hybridized carbons (Fsp3) is 0.346. The second kappa shape index (κ2) is 10.1. The van der Waals surface area contributed by atoms with Gasteiger partial charge in [0.2, 0.25) is 0 Å². The second-order valence-electron chi connectivity index (χ2n) is 8.36. The highest BCUT2D eigenvalue weighted by atomic mass is 16.8. The smallest absolute Gasteiger partial charge is 0.443 e. The SMILES string of the molecule is CCN(CC)CC(C)OC(=O)N(OC(C)=O)c1ccc(-c2n[nH]c3c2Cc2ccccc2-3)cc1. The van der Waals surface area contributed by atoms with Crippen LogP contribution in [0.1, 0.15) is 38.8 Å². The third-order valence-corrected chi connectivity index (χ3v) is 5.99. The van der Waals surface area contributed by atoms with E-state index < -0.39 is 12.1 Å². The van der Waals surface area contributed by atoms with Gasteiger partial charge in [0, 0.05) is 36.6 Å². The van der Waals surface area contributed by atoms with Gasteiger partial charge < -0.3 is 14.5 Å². The molecule has 1 atom stereocenters. The Balaban J connectivity index is 1.52. The summed E-state index contributed by atoms with van der Waals surface area (Å²) in [5.41, 5.74) is 6.81. The van der Waals surface area contributed by atoms with Crippen molar-refractivity contribution in [3.8, 4) is 22.5 Å². The Morgan fingerprint density at radius 2 is 1.79 bits per heavy atom. The van der Waals surface area contributed by atoms with Crippen LogP contribution in [-0.4, -0.2) is 52.9 Å². The lowest BCUT2D eigenvalue weighted by Crippen LogP contribution is -2.39. The number of hydrogen-bond acceptors (Lipinski definition) is 6. The van der Waals surface area contributed by atoms with Crippen molar-refractivity contribution in [1.82, 2.24) is 15.1 Å². The fourth-order valence-corrected chi connectivity index (χ4v) is 4.29. The number of carbonyl (C=O) groups is 2. The average molecular weight is 463 g/mol. The zero-order chi connectivity index (χ0) is 24.2. The lowest BCUT2D eigenvalue weighted by Gasteiger charge is -2.25.